The minimum Gasteiger partial charge on any atom is -0.462 e. The molecule has 0 N–H and O–H groups in total. The fourth-order valence-electron chi connectivity index (χ4n) is 1.76. The Morgan fingerprint density at radius 1 is 1.41 bits per heavy atom. The molecule has 17 heavy (non-hydrogen) atoms. The van der Waals surface area contributed by atoms with E-state index in [2.05, 4.69) is 18.2 Å². The van der Waals surface area contributed by atoms with Crippen molar-refractivity contribution in [3.8, 4) is 0 Å². The Morgan fingerprint density at radius 3 is 2.88 bits per heavy atom. The van der Waals surface area contributed by atoms with Crippen LogP contribution in [0.5, 0.6) is 0 Å². The lowest BCUT2D eigenvalue weighted by molar-refractivity contribution is -0.137. The molecule has 0 radical (unpaired) electrons. The number of rotatable bonds is 5. The van der Waals surface area contributed by atoms with Gasteiger partial charge in [0.1, 0.15) is 0 Å². The molecule has 0 aromatic carbocycles. The van der Waals surface area contributed by atoms with Crippen molar-refractivity contribution in [2.24, 2.45) is 5.92 Å². The Bertz CT molecular complexity index is 320. The highest BCUT2D eigenvalue weighted by Gasteiger charge is 2.06. The van der Waals surface area contributed by atoms with E-state index < -0.39 is 0 Å². The molecular weight excluding hydrogens is 212 g/mol. The zero-order valence-corrected chi connectivity index (χ0v) is 10.8. The van der Waals surface area contributed by atoms with E-state index in [1.54, 1.807) is 6.08 Å². The Morgan fingerprint density at radius 2 is 2.24 bits per heavy atom. The summed E-state index contributed by atoms with van der Waals surface area (Å²) in [6.45, 7) is 4.55. The second kappa shape index (κ2) is 7.88. The standard InChI is InChI=1S/C15H22O2/c1-13(2)7-6-12-17-15(16)11-10-14-8-4-3-5-9-14/h3-4,7,10-11,14H,5-6,8-9,12H2,1-2H3. The number of esters is 1. The number of hydrogen-bond acceptors (Lipinski definition) is 2. The first-order chi connectivity index (χ1) is 8.18. The summed E-state index contributed by atoms with van der Waals surface area (Å²) in [5.41, 5.74) is 1.26. The van der Waals surface area contributed by atoms with Crippen LogP contribution in [-0.4, -0.2) is 12.6 Å². The van der Waals surface area contributed by atoms with Crippen LogP contribution in [0.25, 0.3) is 0 Å². The van der Waals surface area contributed by atoms with Gasteiger partial charge in [-0.15, -0.1) is 0 Å². The zero-order valence-electron chi connectivity index (χ0n) is 10.8. The van der Waals surface area contributed by atoms with Gasteiger partial charge in [0.05, 0.1) is 6.61 Å². The Kier molecular flexibility index (Phi) is 6.38. The van der Waals surface area contributed by atoms with Crippen LogP contribution in [0, 0.1) is 5.92 Å². The summed E-state index contributed by atoms with van der Waals surface area (Å²) in [6, 6.07) is 0. The molecule has 2 heteroatoms. The summed E-state index contributed by atoms with van der Waals surface area (Å²) in [7, 11) is 0. The van der Waals surface area contributed by atoms with Crippen LogP contribution in [0.4, 0.5) is 0 Å². The lowest BCUT2D eigenvalue weighted by atomic mass is 9.94. The maximum absolute atomic E-state index is 11.4. The topological polar surface area (TPSA) is 26.3 Å². The molecule has 0 saturated carbocycles. The largest absolute Gasteiger partial charge is 0.462 e. The molecule has 0 saturated heterocycles. The van der Waals surface area contributed by atoms with Gasteiger partial charge in [0.25, 0.3) is 0 Å². The molecule has 0 amide bonds. The van der Waals surface area contributed by atoms with Crippen molar-refractivity contribution < 1.29 is 9.53 Å². The normalized spacial score (nSPS) is 19.3. The summed E-state index contributed by atoms with van der Waals surface area (Å²) in [5.74, 6) is 0.284. The molecule has 1 aliphatic rings. The van der Waals surface area contributed by atoms with E-state index in [0.29, 0.717) is 12.5 Å². The number of allylic oxidation sites excluding steroid dienone is 4. The quantitative estimate of drug-likeness (QED) is 0.313. The second-order valence-electron chi connectivity index (χ2n) is 4.64. The molecule has 1 atom stereocenters. The lowest BCUT2D eigenvalue weighted by Crippen LogP contribution is -2.04. The van der Waals surface area contributed by atoms with E-state index in [1.165, 1.54) is 5.57 Å². The van der Waals surface area contributed by atoms with E-state index >= 15 is 0 Å². The highest BCUT2D eigenvalue weighted by Crippen LogP contribution is 2.18. The summed E-state index contributed by atoms with van der Waals surface area (Å²) >= 11 is 0. The first-order valence-corrected chi connectivity index (χ1v) is 6.32. The molecule has 1 rings (SSSR count). The molecule has 94 valence electrons. The van der Waals surface area contributed by atoms with Crippen LogP contribution < -0.4 is 0 Å². The number of carbonyl (C=O) groups excluding carboxylic acids is 1. The van der Waals surface area contributed by atoms with Gasteiger partial charge in [-0.2, -0.15) is 0 Å². The Labute approximate surface area is 104 Å². The van der Waals surface area contributed by atoms with Gasteiger partial charge in [-0.1, -0.05) is 29.9 Å². The first kappa shape index (κ1) is 13.8. The molecule has 0 heterocycles. The average molecular weight is 234 g/mol. The smallest absolute Gasteiger partial charge is 0.330 e. The van der Waals surface area contributed by atoms with E-state index in [9.17, 15) is 4.79 Å². The molecule has 0 bridgehead atoms. The van der Waals surface area contributed by atoms with Crippen LogP contribution in [-0.2, 0) is 9.53 Å². The fraction of sp³-hybridized carbons (Fsp3) is 0.533. The maximum Gasteiger partial charge on any atom is 0.330 e. The second-order valence-corrected chi connectivity index (χ2v) is 4.64. The third-order valence-corrected chi connectivity index (χ3v) is 2.73. The van der Waals surface area contributed by atoms with Crippen molar-refractivity contribution in [1.82, 2.24) is 0 Å². The van der Waals surface area contributed by atoms with Gasteiger partial charge in [0, 0.05) is 6.08 Å². The van der Waals surface area contributed by atoms with Crippen LogP contribution in [0.1, 0.15) is 39.5 Å². The monoisotopic (exact) mass is 234 g/mol. The van der Waals surface area contributed by atoms with Crippen molar-refractivity contribution in [1.29, 1.82) is 0 Å². The van der Waals surface area contributed by atoms with Gasteiger partial charge in [0.15, 0.2) is 0 Å². The maximum atomic E-state index is 11.4. The predicted molar refractivity (Wildman–Crippen MR) is 70.6 cm³/mol. The van der Waals surface area contributed by atoms with Crippen molar-refractivity contribution >= 4 is 5.97 Å². The molecular formula is C15H22O2. The Hall–Kier alpha value is -1.31. The summed E-state index contributed by atoms with van der Waals surface area (Å²) in [4.78, 5) is 11.4. The third kappa shape index (κ3) is 6.77. The first-order valence-electron chi connectivity index (χ1n) is 6.32. The summed E-state index contributed by atoms with van der Waals surface area (Å²) in [6.07, 6.45) is 14.1. The molecule has 0 fully saturated rings. The molecule has 0 aliphatic heterocycles. The van der Waals surface area contributed by atoms with Crippen molar-refractivity contribution in [2.75, 3.05) is 6.61 Å². The molecule has 0 aromatic rings. The lowest BCUT2D eigenvalue weighted by Gasteiger charge is -2.12. The van der Waals surface area contributed by atoms with Crippen LogP contribution in [0.3, 0.4) is 0 Å². The SMILES string of the molecule is CC(C)=CCCOC(=O)C=CC1CC=CCC1. The highest BCUT2D eigenvalue weighted by molar-refractivity contribution is 5.81. The van der Waals surface area contributed by atoms with Gasteiger partial charge in [-0.05, 0) is 45.4 Å². The van der Waals surface area contributed by atoms with E-state index in [-0.39, 0.29) is 5.97 Å². The van der Waals surface area contributed by atoms with Crippen molar-refractivity contribution in [3.05, 3.63) is 36.0 Å². The molecule has 0 aromatic heterocycles. The van der Waals surface area contributed by atoms with Gasteiger partial charge in [-0.25, -0.2) is 4.79 Å². The van der Waals surface area contributed by atoms with E-state index in [0.717, 1.165) is 25.7 Å². The average Bonchev–Trinajstić information content (AvgIpc) is 2.33. The van der Waals surface area contributed by atoms with Crippen LogP contribution in [0.15, 0.2) is 36.0 Å². The van der Waals surface area contributed by atoms with E-state index in [4.69, 9.17) is 4.74 Å². The summed E-state index contributed by atoms with van der Waals surface area (Å²) in [5, 5.41) is 0. The fourth-order valence-corrected chi connectivity index (χ4v) is 1.76. The third-order valence-electron chi connectivity index (χ3n) is 2.73. The molecule has 1 aliphatic carbocycles. The Balaban J connectivity index is 2.17. The number of carbonyl (C=O) groups is 1. The van der Waals surface area contributed by atoms with Gasteiger partial charge in [-0.3, -0.25) is 0 Å². The van der Waals surface area contributed by atoms with E-state index in [1.807, 2.05) is 19.9 Å². The van der Waals surface area contributed by atoms with Crippen LogP contribution in [0.2, 0.25) is 0 Å². The van der Waals surface area contributed by atoms with Gasteiger partial charge >= 0.3 is 5.97 Å². The predicted octanol–water partition coefficient (Wildman–Crippen LogP) is 3.80. The zero-order chi connectivity index (χ0) is 12.5. The summed E-state index contributed by atoms with van der Waals surface area (Å²) < 4.78 is 5.10. The molecule has 2 nitrogen and oxygen atoms in total. The minimum absolute atomic E-state index is 0.221. The van der Waals surface area contributed by atoms with Gasteiger partial charge < -0.3 is 4.74 Å². The van der Waals surface area contributed by atoms with Crippen LogP contribution >= 0.6 is 0 Å². The number of ether oxygens (including phenoxy) is 1. The number of hydrogen-bond donors (Lipinski definition) is 0. The minimum atomic E-state index is -0.221. The highest BCUT2D eigenvalue weighted by atomic mass is 16.5. The molecule has 0 spiro atoms. The van der Waals surface area contributed by atoms with Crippen molar-refractivity contribution in [2.45, 2.75) is 39.5 Å². The van der Waals surface area contributed by atoms with Crippen molar-refractivity contribution in [3.63, 3.8) is 0 Å². The van der Waals surface area contributed by atoms with Gasteiger partial charge in [0.2, 0.25) is 0 Å². The molecule has 1 unspecified atom stereocenters.